The Balaban J connectivity index is 0.000000169. The minimum Gasteiger partial charge on any atom is -0.503 e. The molecule has 0 saturated carbocycles. The van der Waals surface area contributed by atoms with Crippen molar-refractivity contribution in [2.24, 2.45) is 0 Å². The quantitative estimate of drug-likeness (QED) is 0.737. The molecule has 0 fully saturated rings. The summed E-state index contributed by atoms with van der Waals surface area (Å²) in [5, 5.41) is 9.42. The van der Waals surface area contributed by atoms with E-state index in [1.165, 1.54) is 41.8 Å². The number of fused-ring (bicyclic) bond motifs is 1. The van der Waals surface area contributed by atoms with Gasteiger partial charge in [-0.1, -0.05) is 24.3 Å². The topological polar surface area (TPSA) is 70.8 Å². The van der Waals surface area contributed by atoms with Crippen LogP contribution >= 0.6 is 0 Å². The molecule has 5 nitrogen and oxygen atoms in total. The maximum atomic E-state index is 11.7. The molecule has 0 saturated heterocycles. The molecule has 112 valence electrons. The highest BCUT2D eigenvalue weighted by Crippen LogP contribution is 2.25. The standard InChI is InChI=1S/C10H9NO4.C7H6/c1-11-5-6(9(13)10(11)14)8(12)7-3-2-4-15-7;1-2-4-7-5-6(7)3-1/h2-4,13H,5H2,1H3;1-4H,5H2. The first-order chi connectivity index (χ1) is 10.6. The first kappa shape index (κ1) is 14.1. The zero-order valence-corrected chi connectivity index (χ0v) is 12.1. The number of amides is 1. The van der Waals surface area contributed by atoms with Crippen molar-refractivity contribution in [1.82, 2.24) is 4.90 Å². The number of nitrogens with zero attached hydrogens (tertiary/aromatic N) is 1. The zero-order valence-electron chi connectivity index (χ0n) is 12.1. The zero-order chi connectivity index (χ0) is 15.7. The maximum absolute atomic E-state index is 11.7. The van der Waals surface area contributed by atoms with Gasteiger partial charge in [-0.2, -0.15) is 0 Å². The van der Waals surface area contributed by atoms with Gasteiger partial charge in [0.1, 0.15) is 0 Å². The van der Waals surface area contributed by atoms with Gasteiger partial charge in [0.05, 0.1) is 18.4 Å². The maximum Gasteiger partial charge on any atom is 0.289 e. The molecular formula is C17H15NO4. The van der Waals surface area contributed by atoms with Crippen molar-refractivity contribution in [2.45, 2.75) is 6.42 Å². The Hall–Kier alpha value is -2.82. The molecule has 2 heterocycles. The normalized spacial score (nSPS) is 15.3. The molecule has 0 spiro atoms. The summed E-state index contributed by atoms with van der Waals surface area (Å²) in [5.74, 6) is -1.35. The number of benzene rings is 1. The highest BCUT2D eigenvalue weighted by molar-refractivity contribution is 6.13. The van der Waals surface area contributed by atoms with Crippen LogP contribution in [0, 0.1) is 0 Å². The fourth-order valence-electron chi connectivity index (χ4n) is 2.27. The molecule has 1 N–H and O–H groups in total. The molecule has 0 unspecified atom stereocenters. The van der Waals surface area contributed by atoms with E-state index in [-0.39, 0.29) is 17.9 Å². The number of aliphatic hydroxyl groups is 1. The van der Waals surface area contributed by atoms with E-state index in [4.69, 9.17) is 4.42 Å². The molecule has 0 bridgehead atoms. The van der Waals surface area contributed by atoms with Crippen molar-refractivity contribution in [3.05, 3.63) is 70.9 Å². The largest absolute Gasteiger partial charge is 0.503 e. The second-order valence-electron chi connectivity index (χ2n) is 5.24. The van der Waals surface area contributed by atoms with Gasteiger partial charge in [-0.05, 0) is 29.7 Å². The minimum absolute atomic E-state index is 0.0810. The Morgan fingerprint density at radius 1 is 1.18 bits per heavy atom. The van der Waals surface area contributed by atoms with Crippen LogP contribution in [0.2, 0.25) is 0 Å². The summed E-state index contributed by atoms with van der Waals surface area (Å²) in [4.78, 5) is 24.2. The third-order valence-corrected chi connectivity index (χ3v) is 3.62. The van der Waals surface area contributed by atoms with E-state index in [9.17, 15) is 14.7 Å². The lowest BCUT2D eigenvalue weighted by atomic mass is 10.1. The molecule has 4 rings (SSSR count). The number of hydrogen-bond donors (Lipinski definition) is 1. The van der Waals surface area contributed by atoms with Crippen LogP contribution < -0.4 is 0 Å². The van der Waals surface area contributed by atoms with Gasteiger partial charge >= 0.3 is 0 Å². The number of ketones is 1. The number of carbonyl (C=O) groups excluding carboxylic acids is 2. The summed E-state index contributed by atoms with van der Waals surface area (Å²) in [6.07, 6.45) is 2.61. The molecule has 0 atom stereocenters. The van der Waals surface area contributed by atoms with Crippen molar-refractivity contribution in [2.75, 3.05) is 13.6 Å². The van der Waals surface area contributed by atoms with Gasteiger partial charge in [-0.25, -0.2) is 0 Å². The smallest absolute Gasteiger partial charge is 0.289 e. The molecule has 1 aromatic heterocycles. The second kappa shape index (κ2) is 5.52. The van der Waals surface area contributed by atoms with Crippen molar-refractivity contribution >= 4 is 11.7 Å². The van der Waals surface area contributed by atoms with E-state index in [2.05, 4.69) is 24.3 Å². The average Bonchev–Trinajstić information content (AvgIpc) is 3.03. The molecule has 5 heteroatoms. The molecule has 1 aliphatic heterocycles. The summed E-state index contributed by atoms with van der Waals surface area (Å²) in [7, 11) is 1.51. The van der Waals surface area contributed by atoms with Crippen molar-refractivity contribution in [1.29, 1.82) is 0 Å². The SMILES string of the molecule is CN1CC(C(=O)c2ccco2)=C(O)C1=O.c1ccc2c(c1)C2. The summed E-state index contributed by atoms with van der Waals surface area (Å²) in [6.45, 7) is 0.115. The third-order valence-electron chi connectivity index (χ3n) is 3.62. The van der Waals surface area contributed by atoms with E-state index in [0.29, 0.717) is 0 Å². The summed E-state index contributed by atoms with van der Waals surface area (Å²) in [5.41, 5.74) is 3.14. The number of furan rings is 1. The lowest BCUT2D eigenvalue weighted by molar-refractivity contribution is -0.126. The predicted molar refractivity (Wildman–Crippen MR) is 79.6 cm³/mol. The molecule has 1 aromatic carbocycles. The first-order valence-electron chi connectivity index (χ1n) is 6.90. The Kier molecular flexibility index (Phi) is 3.55. The van der Waals surface area contributed by atoms with Crippen LogP contribution in [-0.2, 0) is 11.2 Å². The van der Waals surface area contributed by atoms with E-state index in [0.717, 1.165) is 0 Å². The monoisotopic (exact) mass is 297 g/mol. The van der Waals surface area contributed by atoms with Gasteiger partial charge < -0.3 is 14.4 Å². The van der Waals surface area contributed by atoms with E-state index >= 15 is 0 Å². The Morgan fingerprint density at radius 3 is 2.32 bits per heavy atom. The van der Waals surface area contributed by atoms with E-state index < -0.39 is 17.4 Å². The van der Waals surface area contributed by atoms with Gasteiger partial charge in [0.2, 0.25) is 5.78 Å². The van der Waals surface area contributed by atoms with Gasteiger partial charge in [0.25, 0.3) is 5.91 Å². The van der Waals surface area contributed by atoms with Crippen LogP contribution in [0.5, 0.6) is 0 Å². The fraction of sp³-hybridized carbons (Fsp3) is 0.176. The number of rotatable bonds is 2. The van der Waals surface area contributed by atoms with Crippen LogP contribution in [0.25, 0.3) is 0 Å². The first-order valence-corrected chi connectivity index (χ1v) is 6.90. The molecule has 1 amide bonds. The highest BCUT2D eigenvalue weighted by atomic mass is 16.3. The molecule has 2 aliphatic rings. The molecule has 0 radical (unpaired) electrons. The van der Waals surface area contributed by atoms with Crippen LogP contribution in [0.15, 0.2) is 58.4 Å². The number of likely N-dealkylation sites (N-methyl/N-ethyl adjacent to an activating group) is 1. The Labute approximate surface area is 127 Å². The van der Waals surface area contributed by atoms with Crippen LogP contribution in [0.1, 0.15) is 21.7 Å². The molecule has 2 aromatic rings. The second-order valence-corrected chi connectivity index (χ2v) is 5.24. The van der Waals surface area contributed by atoms with Crippen LogP contribution in [0.4, 0.5) is 0 Å². The van der Waals surface area contributed by atoms with Gasteiger partial charge in [0.15, 0.2) is 11.5 Å². The number of Topliss-reactive ketones (excluding diaryl/α,β-unsaturated/α-hetero) is 1. The summed E-state index contributed by atoms with van der Waals surface area (Å²) < 4.78 is 4.90. The number of aliphatic hydroxyl groups excluding tert-OH is 1. The lowest BCUT2D eigenvalue weighted by Crippen LogP contribution is -2.22. The van der Waals surface area contributed by atoms with Gasteiger partial charge in [-0.15, -0.1) is 0 Å². The van der Waals surface area contributed by atoms with Crippen LogP contribution in [-0.4, -0.2) is 35.3 Å². The van der Waals surface area contributed by atoms with Crippen LogP contribution in [0.3, 0.4) is 0 Å². The molecular weight excluding hydrogens is 282 g/mol. The Morgan fingerprint density at radius 2 is 1.86 bits per heavy atom. The summed E-state index contributed by atoms with van der Waals surface area (Å²) in [6, 6.07) is 11.6. The third kappa shape index (κ3) is 2.65. The van der Waals surface area contributed by atoms with Gasteiger partial charge in [-0.3, -0.25) is 9.59 Å². The molecule has 22 heavy (non-hydrogen) atoms. The average molecular weight is 297 g/mol. The molecule has 1 aliphatic carbocycles. The fourth-order valence-corrected chi connectivity index (χ4v) is 2.27. The van der Waals surface area contributed by atoms with E-state index in [1.807, 2.05) is 0 Å². The Bertz CT molecular complexity index is 738. The van der Waals surface area contributed by atoms with E-state index in [1.54, 1.807) is 6.07 Å². The van der Waals surface area contributed by atoms with Gasteiger partial charge in [0, 0.05) is 7.05 Å². The van der Waals surface area contributed by atoms with Crippen molar-refractivity contribution < 1.29 is 19.1 Å². The predicted octanol–water partition coefficient (Wildman–Crippen LogP) is 2.34. The highest BCUT2D eigenvalue weighted by Gasteiger charge is 2.32. The van der Waals surface area contributed by atoms with Crippen molar-refractivity contribution in [3.8, 4) is 0 Å². The lowest BCUT2D eigenvalue weighted by Gasteiger charge is -2.05. The number of carbonyl (C=O) groups is 2. The van der Waals surface area contributed by atoms with Crippen molar-refractivity contribution in [3.63, 3.8) is 0 Å². The minimum atomic E-state index is -0.537. The number of hydrogen-bond acceptors (Lipinski definition) is 4. The summed E-state index contributed by atoms with van der Waals surface area (Å²) >= 11 is 0.